The molecule has 0 unspecified atom stereocenters. The molecule has 3 heterocycles. The third-order valence-corrected chi connectivity index (χ3v) is 7.62. The quantitative estimate of drug-likeness (QED) is 0.153. The number of unbranched alkanes of at least 4 members (excludes halogenated alkanes) is 7. The van der Waals surface area contributed by atoms with Crippen molar-refractivity contribution in [3.05, 3.63) is 75.8 Å². The number of aryl methyl sites for hydroxylation is 1. The second-order valence-electron chi connectivity index (χ2n) is 10.3. The van der Waals surface area contributed by atoms with Crippen molar-refractivity contribution in [1.82, 2.24) is 15.3 Å². The number of nitrogens with one attached hydrogen (secondary N) is 1. The Bertz CT molecular complexity index is 1300. The number of hydrogen-bond donors (Lipinski definition) is 2. The Hall–Kier alpha value is -3.00. The minimum atomic E-state index is -1.18. The molecule has 3 aromatic rings. The van der Waals surface area contributed by atoms with Crippen molar-refractivity contribution in [2.24, 2.45) is 0 Å². The van der Waals surface area contributed by atoms with Crippen LogP contribution in [0, 0.1) is 0 Å². The molecule has 2 aromatic heterocycles. The lowest BCUT2D eigenvalue weighted by molar-refractivity contribution is -0.118. The van der Waals surface area contributed by atoms with Crippen LogP contribution in [0.5, 0.6) is 0 Å². The summed E-state index contributed by atoms with van der Waals surface area (Å²) < 4.78 is 0. The van der Waals surface area contributed by atoms with Crippen molar-refractivity contribution in [2.75, 3.05) is 18.5 Å². The summed E-state index contributed by atoms with van der Waals surface area (Å²) in [7, 11) is 1.86. The van der Waals surface area contributed by atoms with Gasteiger partial charge in [0, 0.05) is 43.7 Å². The SMILES string of the molecule is CCCCCCCCCCNCc1cncc(-c2ccc3c(c2)CCC(=O)N3C)c1.O=C(O)c1nc(Cl)ccc1Cl. The molecule has 1 amide bonds. The van der Waals surface area contributed by atoms with Crippen LogP contribution in [0.3, 0.4) is 0 Å². The van der Waals surface area contributed by atoms with Gasteiger partial charge in [0.25, 0.3) is 0 Å². The lowest BCUT2D eigenvalue weighted by atomic mass is 9.96. The standard InChI is InChI=1S/C26H37N3O.C6H3Cl2NO2/c1-3-4-5-6-7-8-9-10-15-27-18-21-16-24(20-28-19-21)22-11-13-25-23(17-22)12-14-26(30)29(25)2;7-3-1-2-4(8)9-5(3)6(10)11/h11,13,16-17,19-20,27H,3-10,12,14-15,18H2,1-2H3;1-2H,(H,10,11). The molecule has 1 aliphatic rings. The first-order valence-corrected chi connectivity index (χ1v) is 15.2. The van der Waals surface area contributed by atoms with Crippen LogP contribution < -0.4 is 10.2 Å². The molecule has 2 N–H and O–H groups in total. The van der Waals surface area contributed by atoms with Gasteiger partial charge in [-0.15, -0.1) is 0 Å². The average molecular weight is 600 g/mol. The van der Waals surface area contributed by atoms with Crippen molar-refractivity contribution in [2.45, 2.75) is 77.7 Å². The highest BCUT2D eigenvalue weighted by molar-refractivity contribution is 6.34. The van der Waals surface area contributed by atoms with E-state index in [1.165, 1.54) is 80.2 Å². The molecule has 0 saturated heterocycles. The molecule has 0 saturated carbocycles. The van der Waals surface area contributed by atoms with Gasteiger partial charge in [0.2, 0.25) is 5.91 Å². The van der Waals surface area contributed by atoms with Crippen molar-refractivity contribution in [3.8, 4) is 11.1 Å². The number of rotatable bonds is 13. The number of fused-ring (bicyclic) bond motifs is 1. The second kappa shape index (κ2) is 17.1. The number of carboxylic acids is 1. The highest BCUT2D eigenvalue weighted by atomic mass is 35.5. The fraction of sp³-hybridized carbons (Fsp3) is 0.438. The minimum Gasteiger partial charge on any atom is -0.476 e. The number of hydrogen-bond acceptors (Lipinski definition) is 5. The number of carboxylic acid groups (broad SMARTS) is 1. The third kappa shape index (κ3) is 10.4. The summed E-state index contributed by atoms with van der Waals surface area (Å²) in [6.45, 7) is 4.20. The molecule has 0 aliphatic carbocycles. The molecule has 1 aliphatic heterocycles. The summed E-state index contributed by atoms with van der Waals surface area (Å²) in [6.07, 6.45) is 16.1. The van der Waals surface area contributed by atoms with E-state index in [1.807, 2.05) is 19.4 Å². The van der Waals surface area contributed by atoms with Crippen LogP contribution in [-0.2, 0) is 17.8 Å². The van der Waals surface area contributed by atoms with Crippen molar-refractivity contribution >= 4 is 40.8 Å². The topological polar surface area (TPSA) is 95.4 Å². The average Bonchev–Trinajstić information content (AvgIpc) is 2.97. The van der Waals surface area contributed by atoms with E-state index in [1.54, 1.807) is 4.90 Å². The molecule has 0 bridgehead atoms. The van der Waals surface area contributed by atoms with Gasteiger partial charge in [-0.05, 0) is 66.4 Å². The number of nitrogens with zero attached hydrogens (tertiary/aromatic N) is 3. The summed E-state index contributed by atoms with van der Waals surface area (Å²) in [5.41, 5.74) is 5.59. The smallest absolute Gasteiger partial charge is 0.356 e. The molecule has 0 fully saturated rings. The summed E-state index contributed by atoms with van der Waals surface area (Å²) in [5.74, 6) is -0.987. The summed E-state index contributed by atoms with van der Waals surface area (Å²) in [5, 5.41) is 12.3. The zero-order valence-electron chi connectivity index (χ0n) is 24.0. The number of aromatic nitrogens is 2. The third-order valence-electron chi connectivity index (χ3n) is 7.10. The lowest BCUT2D eigenvalue weighted by Gasteiger charge is -2.26. The van der Waals surface area contributed by atoms with Crippen LogP contribution in [-0.4, -0.2) is 40.5 Å². The van der Waals surface area contributed by atoms with Crippen LogP contribution in [0.25, 0.3) is 11.1 Å². The van der Waals surface area contributed by atoms with E-state index < -0.39 is 5.97 Å². The molecule has 0 spiro atoms. The molecule has 4 rings (SSSR count). The zero-order chi connectivity index (χ0) is 29.6. The van der Waals surface area contributed by atoms with Gasteiger partial charge in [-0.2, -0.15) is 0 Å². The fourth-order valence-electron chi connectivity index (χ4n) is 4.76. The second-order valence-corrected chi connectivity index (χ2v) is 11.1. The van der Waals surface area contributed by atoms with E-state index in [4.69, 9.17) is 28.3 Å². The Balaban J connectivity index is 0.000000352. The Morgan fingerprint density at radius 2 is 1.68 bits per heavy atom. The fourth-order valence-corrected chi connectivity index (χ4v) is 5.10. The number of halogens is 2. The Morgan fingerprint density at radius 3 is 2.39 bits per heavy atom. The lowest BCUT2D eigenvalue weighted by Crippen LogP contribution is -2.30. The molecular formula is C32H40Cl2N4O3. The minimum absolute atomic E-state index is 0.0851. The predicted molar refractivity (Wildman–Crippen MR) is 167 cm³/mol. The first-order valence-electron chi connectivity index (χ1n) is 14.4. The van der Waals surface area contributed by atoms with Gasteiger partial charge in [-0.1, -0.05) is 81.1 Å². The van der Waals surface area contributed by atoms with Gasteiger partial charge in [-0.25, -0.2) is 9.78 Å². The van der Waals surface area contributed by atoms with E-state index in [2.05, 4.69) is 46.5 Å². The van der Waals surface area contributed by atoms with Crippen molar-refractivity contribution in [1.29, 1.82) is 0 Å². The number of carbonyl (C=O) groups is 2. The number of amides is 1. The van der Waals surface area contributed by atoms with Gasteiger partial charge in [0.1, 0.15) is 5.15 Å². The van der Waals surface area contributed by atoms with Crippen LogP contribution in [0.1, 0.15) is 86.3 Å². The highest BCUT2D eigenvalue weighted by Gasteiger charge is 2.21. The maximum absolute atomic E-state index is 11.9. The first-order chi connectivity index (χ1) is 19.8. The monoisotopic (exact) mass is 598 g/mol. The molecule has 9 heteroatoms. The van der Waals surface area contributed by atoms with Crippen LogP contribution in [0.15, 0.2) is 48.8 Å². The first kappa shape index (κ1) is 32.5. The molecule has 41 heavy (non-hydrogen) atoms. The largest absolute Gasteiger partial charge is 0.476 e. The number of benzene rings is 1. The number of pyridine rings is 2. The zero-order valence-corrected chi connectivity index (χ0v) is 25.5. The normalized spacial score (nSPS) is 12.5. The predicted octanol–water partition coefficient (Wildman–Crippen LogP) is 7.97. The number of anilines is 1. The van der Waals surface area contributed by atoms with Crippen LogP contribution >= 0.6 is 23.2 Å². The molecule has 0 atom stereocenters. The van der Waals surface area contributed by atoms with E-state index >= 15 is 0 Å². The molecule has 1 aromatic carbocycles. The number of carbonyl (C=O) groups excluding carboxylic acids is 1. The molecular weight excluding hydrogens is 559 g/mol. The van der Waals surface area contributed by atoms with Gasteiger partial charge in [-0.3, -0.25) is 9.78 Å². The van der Waals surface area contributed by atoms with E-state index in [-0.39, 0.29) is 21.8 Å². The van der Waals surface area contributed by atoms with Gasteiger partial charge in [0.15, 0.2) is 5.69 Å². The Morgan fingerprint density at radius 1 is 0.951 bits per heavy atom. The van der Waals surface area contributed by atoms with E-state index in [0.29, 0.717) is 6.42 Å². The number of aromatic carboxylic acids is 1. The van der Waals surface area contributed by atoms with Crippen LogP contribution in [0.4, 0.5) is 5.69 Å². The summed E-state index contributed by atoms with van der Waals surface area (Å²) in [4.78, 5) is 32.0. The van der Waals surface area contributed by atoms with Gasteiger partial charge in [0.05, 0.1) is 5.02 Å². The van der Waals surface area contributed by atoms with Gasteiger partial charge >= 0.3 is 5.97 Å². The molecule has 7 nitrogen and oxygen atoms in total. The highest BCUT2D eigenvalue weighted by Crippen LogP contribution is 2.31. The van der Waals surface area contributed by atoms with E-state index in [0.717, 1.165) is 30.8 Å². The maximum atomic E-state index is 11.9. The Kier molecular flexibility index (Phi) is 13.5. The van der Waals surface area contributed by atoms with Gasteiger partial charge < -0.3 is 15.3 Å². The summed E-state index contributed by atoms with van der Waals surface area (Å²) in [6, 6.07) is 11.4. The van der Waals surface area contributed by atoms with E-state index in [9.17, 15) is 9.59 Å². The molecule has 0 radical (unpaired) electrons. The Labute approximate surface area is 253 Å². The van der Waals surface area contributed by atoms with Crippen molar-refractivity contribution < 1.29 is 14.7 Å². The maximum Gasteiger partial charge on any atom is 0.356 e. The summed E-state index contributed by atoms with van der Waals surface area (Å²) >= 11 is 10.9. The molecule has 220 valence electrons. The van der Waals surface area contributed by atoms with Crippen molar-refractivity contribution in [3.63, 3.8) is 0 Å². The van der Waals surface area contributed by atoms with Crippen LogP contribution in [0.2, 0.25) is 10.2 Å².